The predicted octanol–water partition coefficient (Wildman–Crippen LogP) is 1.78. The van der Waals surface area contributed by atoms with E-state index < -0.39 is 5.41 Å². The van der Waals surface area contributed by atoms with Crippen LogP contribution in [0.2, 0.25) is 0 Å². The molecule has 2 heterocycles. The van der Waals surface area contributed by atoms with Gasteiger partial charge < -0.3 is 10.5 Å². The van der Waals surface area contributed by atoms with Gasteiger partial charge in [0.2, 0.25) is 11.0 Å². The average molecular weight is 321 g/mol. The number of nitrogens with two attached hydrogens (primary N) is 1. The molecule has 6 nitrogen and oxygen atoms in total. The van der Waals surface area contributed by atoms with Gasteiger partial charge in [0.15, 0.2) is 0 Å². The molecule has 1 fully saturated rings. The molecule has 20 heavy (non-hydrogen) atoms. The summed E-state index contributed by atoms with van der Waals surface area (Å²) in [5, 5.41) is 12.4. The molecular weight excluding hydrogens is 300 g/mol. The third-order valence-electron chi connectivity index (χ3n) is 3.48. The predicted molar refractivity (Wildman–Crippen MR) is 81.4 cm³/mol. The number of anilines is 1. The van der Waals surface area contributed by atoms with Crippen molar-refractivity contribution in [1.29, 1.82) is 0 Å². The van der Waals surface area contributed by atoms with Crippen LogP contribution < -0.4 is 11.1 Å². The second kappa shape index (κ2) is 7.31. The highest BCUT2D eigenvalue weighted by molar-refractivity contribution is 7.15. The highest BCUT2D eigenvalue weighted by atomic mass is 35.5. The normalized spacial score (nSPS) is 17.6. The van der Waals surface area contributed by atoms with Crippen molar-refractivity contribution < 1.29 is 9.53 Å². The number of nitrogens with one attached hydrogen (secondary N) is 1. The van der Waals surface area contributed by atoms with Gasteiger partial charge in [-0.25, -0.2) is 0 Å². The Morgan fingerprint density at radius 3 is 2.60 bits per heavy atom. The molecule has 0 unspecified atom stereocenters. The first kappa shape index (κ1) is 17.3. The van der Waals surface area contributed by atoms with Gasteiger partial charge in [-0.05, 0) is 12.8 Å². The third kappa shape index (κ3) is 3.66. The third-order valence-corrected chi connectivity index (χ3v) is 4.62. The SMILES string of the molecule is CC(C)c1nnc(NC(=O)C2(CN)CCOCC2)s1.Cl. The van der Waals surface area contributed by atoms with Crippen molar-refractivity contribution in [2.75, 3.05) is 25.1 Å². The number of aromatic nitrogens is 2. The number of hydrogen-bond acceptors (Lipinski definition) is 6. The summed E-state index contributed by atoms with van der Waals surface area (Å²) in [4.78, 5) is 12.4. The van der Waals surface area contributed by atoms with Crippen LogP contribution in [0.15, 0.2) is 0 Å². The van der Waals surface area contributed by atoms with Gasteiger partial charge in [0.1, 0.15) is 5.01 Å². The molecule has 1 aliphatic rings. The Kier molecular flexibility index (Phi) is 6.32. The van der Waals surface area contributed by atoms with Crippen LogP contribution in [0.25, 0.3) is 0 Å². The van der Waals surface area contributed by atoms with Crippen molar-refractivity contribution in [2.24, 2.45) is 11.1 Å². The molecule has 0 bridgehead atoms. The van der Waals surface area contributed by atoms with Crippen LogP contribution in [0, 0.1) is 5.41 Å². The molecule has 0 aromatic carbocycles. The molecule has 8 heteroatoms. The Bertz CT molecular complexity index is 446. The Labute approximate surface area is 128 Å². The van der Waals surface area contributed by atoms with Crippen LogP contribution in [0.1, 0.15) is 37.6 Å². The van der Waals surface area contributed by atoms with E-state index in [1.54, 1.807) is 0 Å². The monoisotopic (exact) mass is 320 g/mol. The van der Waals surface area contributed by atoms with Crippen LogP contribution in [0.4, 0.5) is 5.13 Å². The van der Waals surface area contributed by atoms with Crippen molar-refractivity contribution in [2.45, 2.75) is 32.6 Å². The molecule has 0 saturated carbocycles. The van der Waals surface area contributed by atoms with Crippen molar-refractivity contribution in [3.05, 3.63) is 5.01 Å². The lowest BCUT2D eigenvalue weighted by Crippen LogP contribution is -2.46. The van der Waals surface area contributed by atoms with Gasteiger partial charge in [0.05, 0.1) is 5.41 Å². The van der Waals surface area contributed by atoms with E-state index >= 15 is 0 Å². The van der Waals surface area contributed by atoms with Crippen LogP contribution in [-0.4, -0.2) is 35.9 Å². The summed E-state index contributed by atoms with van der Waals surface area (Å²) in [6, 6.07) is 0. The zero-order valence-electron chi connectivity index (χ0n) is 11.7. The van der Waals surface area contributed by atoms with E-state index in [1.807, 2.05) is 13.8 Å². The second-order valence-electron chi connectivity index (χ2n) is 5.15. The van der Waals surface area contributed by atoms with Crippen molar-refractivity contribution in [3.63, 3.8) is 0 Å². The molecule has 0 aliphatic carbocycles. The first-order chi connectivity index (χ1) is 9.07. The molecule has 0 radical (unpaired) electrons. The fourth-order valence-electron chi connectivity index (χ4n) is 2.03. The number of carbonyl (C=O) groups excluding carboxylic acids is 1. The van der Waals surface area contributed by atoms with E-state index in [4.69, 9.17) is 10.5 Å². The lowest BCUT2D eigenvalue weighted by atomic mass is 9.79. The highest BCUT2D eigenvalue weighted by Crippen LogP contribution is 2.31. The topological polar surface area (TPSA) is 90.1 Å². The Balaban J connectivity index is 0.00000200. The fourth-order valence-corrected chi connectivity index (χ4v) is 2.77. The largest absolute Gasteiger partial charge is 0.381 e. The maximum absolute atomic E-state index is 12.4. The molecule has 1 saturated heterocycles. The highest BCUT2D eigenvalue weighted by Gasteiger charge is 2.39. The van der Waals surface area contributed by atoms with E-state index in [2.05, 4.69) is 15.5 Å². The summed E-state index contributed by atoms with van der Waals surface area (Å²) in [6.45, 7) is 5.59. The maximum Gasteiger partial charge on any atom is 0.233 e. The number of amides is 1. The van der Waals surface area contributed by atoms with Gasteiger partial charge in [-0.3, -0.25) is 10.1 Å². The van der Waals surface area contributed by atoms with Crippen LogP contribution in [-0.2, 0) is 9.53 Å². The van der Waals surface area contributed by atoms with Gasteiger partial charge in [0, 0.05) is 25.7 Å². The zero-order chi connectivity index (χ0) is 13.9. The maximum atomic E-state index is 12.4. The first-order valence-electron chi connectivity index (χ1n) is 6.50. The van der Waals surface area contributed by atoms with Gasteiger partial charge in [-0.1, -0.05) is 25.2 Å². The quantitative estimate of drug-likeness (QED) is 0.882. The van der Waals surface area contributed by atoms with Crippen molar-refractivity contribution >= 4 is 34.8 Å². The Hall–Kier alpha value is -0.760. The van der Waals surface area contributed by atoms with Gasteiger partial charge in [-0.15, -0.1) is 22.6 Å². The van der Waals surface area contributed by atoms with Gasteiger partial charge in [0.25, 0.3) is 0 Å². The van der Waals surface area contributed by atoms with Crippen LogP contribution in [0.3, 0.4) is 0 Å². The van der Waals surface area contributed by atoms with E-state index in [0.717, 1.165) is 5.01 Å². The molecule has 0 atom stereocenters. The summed E-state index contributed by atoms with van der Waals surface area (Å²) in [5.74, 6) is 0.249. The summed E-state index contributed by atoms with van der Waals surface area (Å²) in [7, 11) is 0. The number of hydrogen-bond donors (Lipinski definition) is 2. The molecule has 0 spiro atoms. The smallest absolute Gasteiger partial charge is 0.233 e. The van der Waals surface area contributed by atoms with Crippen LogP contribution >= 0.6 is 23.7 Å². The van der Waals surface area contributed by atoms with E-state index in [1.165, 1.54) is 11.3 Å². The molecular formula is C12H21ClN4O2S. The van der Waals surface area contributed by atoms with Crippen molar-refractivity contribution in [1.82, 2.24) is 10.2 Å². The minimum absolute atomic E-state index is 0. The molecule has 3 N–H and O–H groups in total. The molecule has 1 aromatic rings. The van der Waals surface area contributed by atoms with Crippen LogP contribution in [0.5, 0.6) is 0 Å². The second-order valence-corrected chi connectivity index (χ2v) is 6.16. The molecule has 1 aliphatic heterocycles. The van der Waals surface area contributed by atoms with Gasteiger partial charge in [-0.2, -0.15) is 0 Å². The Morgan fingerprint density at radius 1 is 1.45 bits per heavy atom. The average Bonchev–Trinajstić information content (AvgIpc) is 2.88. The molecule has 114 valence electrons. The molecule has 1 amide bonds. The summed E-state index contributed by atoms with van der Waals surface area (Å²) in [5.41, 5.74) is 5.27. The summed E-state index contributed by atoms with van der Waals surface area (Å²) < 4.78 is 5.30. The first-order valence-corrected chi connectivity index (χ1v) is 7.32. The van der Waals surface area contributed by atoms with Crippen molar-refractivity contribution in [3.8, 4) is 0 Å². The van der Waals surface area contributed by atoms with E-state index in [0.29, 0.717) is 43.6 Å². The van der Waals surface area contributed by atoms with E-state index in [-0.39, 0.29) is 18.3 Å². The molecule has 2 rings (SSSR count). The minimum Gasteiger partial charge on any atom is -0.381 e. The summed E-state index contributed by atoms with van der Waals surface area (Å²) in [6.07, 6.45) is 1.32. The van der Waals surface area contributed by atoms with Gasteiger partial charge >= 0.3 is 0 Å². The summed E-state index contributed by atoms with van der Waals surface area (Å²) >= 11 is 1.42. The lowest BCUT2D eigenvalue weighted by molar-refractivity contribution is -0.130. The number of carbonyl (C=O) groups is 1. The fraction of sp³-hybridized carbons (Fsp3) is 0.750. The number of rotatable bonds is 4. The number of nitrogens with zero attached hydrogens (tertiary/aromatic N) is 2. The molecule has 1 aromatic heterocycles. The standard InChI is InChI=1S/C12H20N4O2S.ClH/c1-8(2)9-15-16-11(19-9)14-10(17)12(7-13)3-5-18-6-4-12;/h8H,3-7,13H2,1-2H3,(H,14,16,17);1H. The number of ether oxygens (including phenoxy) is 1. The Morgan fingerprint density at radius 2 is 2.10 bits per heavy atom. The zero-order valence-corrected chi connectivity index (χ0v) is 13.4. The number of halogens is 1. The minimum atomic E-state index is -0.526. The van der Waals surface area contributed by atoms with E-state index in [9.17, 15) is 4.79 Å². The lowest BCUT2D eigenvalue weighted by Gasteiger charge is -2.34.